The summed E-state index contributed by atoms with van der Waals surface area (Å²) < 4.78 is 0.213. The van der Waals surface area contributed by atoms with Gasteiger partial charge in [0, 0.05) is 6.42 Å². The minimum absolute atomic E-state index is 0.0849. The molecule has 2 aromatic rings. The fraction of sp³-hybridized carbons (Fsp3) is 0.105. The number of aliphatic carboxylic acids is 1. The van der Waals surface area contributed by atoms with E-state index < -0.39 is 17.9 Å². The molecule has 0 bridgehead atoms. The Morgan fingerprint density at radius 1 is 1.19 bits per heavy atom. The Kier molecular flexibility index (Phi) is 5.39. The summed E-state index contributed by atoms with van der Waals surface area (Å²) >= 11 is 6.33. The molecule has 0 saturated carbocycles. The predicted molar refractivity (Wildman–Crippen MR) is 105 cm³/mol. The van der Waals surface area contributed by atoms with Gasteiger partial charge in [-0.3, -0.25) is 9.69 Å². The van der Waals surface area contributed by atoms with Crippen LogP contribution in [-0.2, 0) is 16.0 Å². The highest BCUT2D eigenvalue weighted by Crippen LogP contribution is 2.35. The molecule has 1 amide bonds. The molecular formula is C19H15NO4S2. The van der Waals surface area contributed by atoms with Crippen LogP contribution in [0.15, 0.2) is 59.5 Å². The summed E-state index contributed by atoms with van der Waals surface area (Å²) in [6.45, 7) is 0. The molecule has 0 radical (unpaired) electrons. The third-order valence-corrected chi connectivity index (χ3v) is 5.19. The molecule has 132 valence electrons. The lowest BCUT2D eigenvalue weighted by Crippen LogP contribution is -2.45. The summed E-state index contributed by atoms with van der Waals surface area (Å²) in [6, 6.07) is 14.5. The fourth-order valence-electron chi connectivity index (χ4n) is 2.64. The van der Waals surface area contributed by atoms with Crippen molar-refractivity contribution in [1.82, 2.24) is 4.90 Å². The van der Waals surface area contributed by atoms with Crippen molar-refractivity contribution in [2.45, 2.75) is 12.5 Å². The van der Waals surface area contributed by atoms with Crippen LogP contribution in [-0.4, -0.2) is 37.4 Å². The van der Waals surface area contributed by atoms with Crippen molar-refractivity contribution < 1.29 is 19.8 Å². The van der Waals surface area contributed by atoms with E-state index in [0.717, 1.165) is 22.2 Å². The molecule has 3 rings (SSSR count). The van der Waals surface area contributed by atoms with Crippen molar-refractivity contribution in [3.8, 4) is 5.75 Å². The minimum Gasteiger partial charge on any atom is -0.508 e. The van der Waals surface area contributed by atoms with Gasteiger partial charge < -0.3 is 10.2 Å². The minimum atomic E-state index is -1.11. The second-order valence-electron chi connectivity index (χ2n) is 5.69. The molecule has 1 atom stereocenters. The Morgan fingerprint density at radius 2 is 1.92 bits per heavy atom. The molecule has 1 aliphatic rings. The first kappa shape index (κ1) is 18.2. The number of carboxylic acids is 1. The maximum absolute atomic E-state index is 12.8. The second-order valence-corrected chi connectivity index (χ2v) is 7.37. The molecule has 1 aliphatic heterocycles. The van der Waals surface area contributed by atoms with E-state index in [4.69, 9.17) is 12.2 Å². The van der Waals surface area contributed by atoms with Crippen LogP contribution in [0, 0.1) is 0 Å². The first-order valence-corrected chi connectivity index (χ1v) is 9.01. The maximum Gasteiger partial charge on any atom is 0.327 e. The van der Waals surface area contributed by atoms with E-state index in [9.17, 15) is 19.8 Å². The van der Waals surface area contributed by atoms with Crippen molar-refractivity contribution >= 4 is 46.3 Å². The number of nitrogens with zero attached hydrogens (tertiary/aromatic N) is 1. The van der Waals surface area contributed by atoms with Crippen molar-refractivity contribution in [2.75, 3.05) is 0 Å². The summed E-state index contributed by atoms with van der Waals surface area (Å²) in [6.07, 6.45) is 1.77. The highest BCUT2D eigenvalue weighted by atomic mass is 32.2. The molecule has 1 saturated heterocycles. The standard InChI is InChI=1S/C19H15NO4S2/c21-14-8-4-7-13(9-14)11-16-17(22)20(19(25)26-16)15(18(23)24)10-12-5-2-1-3-6-12/h1-9,11,15,21H,10H2,(H,23,24)/b16-11-. The van der Waals surface area contributed by atoms with Crippen LogP contribution >= 0.6 is 24.0 Å². The number of phenolic OH excluding ortho intramolecular Hbond substituents is 1. The lowest BCUT2D eigenvalue weighted by atomic mass is 10.0. The molecule has 0 aromatic heterocycles. The van der Waals surface area contributed by atoms with E-state index in [2.05, 4.69) is 0 Å². The zero-order valence-electron chi connectivity index (χ0n) is 13.5. The zero-order valence-corrected chi connectivity index (χ0v) is 15.2. The van der Waals surface area contributed by atoms with Crippen molar-refractivity contribution in [1.29, 1.82) is 0 Å². The van der Waals surface area contributed by atoms with Crippen LogP contribution in [0.3, 0.4) is 0 Å². The molecule has 1 unspecified atom stereocenters. The van der Waals surface area contributed by atoms with Crippen molar-refractivity contribution in [3.05, 3.63) is 70.6 Å². The van der Waals surface area contributed by atoms with E-state index in [0.29, 0.717) is 10.5 Å². The third kappa shape index (κ3) is 3.95. The largest absolute Gasteiger partial charge is 0.508 e. The van der Waals surface area contributed by atoms with Crippen LogP contribution in [0.4, 0.5) is 0 Å². The average molecular weight is 385 g/mol. The number of thioether (sulfide) groups is 1. The molecule has 5 nitrogen and oxygen atoms in total. The van der Waals surface area contributed by atoms with Gasteiger partial charge in [0.15, 0.2) is 0 Å². The lowest BCUT2D eigenvalue weighted by Gasteiger charge is -2.23. The monoisotopic (exact) mass is 385 g/mol. The lowest BCUT2D eigenvalue weighted by molar-refractivity contribution is -0.145. The number of aromatic hydroxyl groups is 1. The van der Waals surface area contributed by atoms with E-state index in [1.54, 1.807) is 18.2 Å². The first-order chi connectivity index (χ1) is 12.5. The molecule has 0 aliphatic carbocycles. The van der Waals surface area contributed by atoms with Gasteiger partial charge >= 0.3 is 5.97 Å². The summed E-state index contributed by atoms with van der Waals surface area (Å²) in [5.41, 5.74) is 1.45. The molecule has 1 heterocycles. The molecule has 26 heavy (non-hydrogen) atoms. The SMILES string of the molecule is O=C(O)C(Cc1ccccc1)N1C(=O)/C(=C/c2cccc(O)c2)SC1=S. The van der Waals surface area contributed by atoms with Gasteiger partial charge in [0.05, 0.1) is 4.91 Å². The van der Waals surface area contributed by atoms with Crippen LogP contribution < -0.4 is 0 Å². The third-order valence-electron chi connectivity index (χ3n) is 3.86. The van der Waals surface area contributed by atoms with Gasteiger partial charge in [-0.1, -0.05) is 66.4 Å². The number of amides is 1. The van der Waals surface area contributed by atoms with Gasteiger partial charge in [0.2, 0.25) is 0 Å². The summed E-state index contributed by atoms with van der Waals surface area (Å²) in [5, 5.41) is 19.2. The Hall–Kier alpha value is -2.64. The number of carbonyl (C=O) groups excluding carboxylic acids is 1. The molecular weight excluding hydrogens is 370 g/mol. The quantitative estimate of drug-likeness (QED) is 0.607. The number of phenols is 1. The summed E-state index contributed by atoms with van der Waals surface area (Å²) in [7, 11) is 0. The fourth-order valence-corrected chi connectivity index (χ4v) is 4.00. The van der Waals surface area contributed by atoms with Crippen LogP contribution in [0.25, 0.3) is 6.08 Å². The zero-order chi connectivity index (χ0) is 18.7. The number of carbonyl (C=O) groups is 2. The highest BCUT2D eigenvalue weighted by Gasteiger charge is 2.40. The normalized spacial score (nSPS) is 16.9. The molecule has 0 spiro atoms. The number of hydrogen-bond donors (Lipinski definition) is 2. The molecule has 2 aromatic carbocycles. The second kappa shape index (κ2) is 7.72. The smallest absolute Gasteiger partial charge is 0.327 e. The van der Waals surface area contributed by atoms with Gasteiger partial charge in [-0.25, -0.2) is 4.79 Å². The predicted octanol–water partition coefficient (Wildman–Crippen LogP) is 3.29. The average Bonchev–Trinajstić information content (AvgIpc) is 2.87. The van der Waals surface area contributed by atoms with Gasteiger partial charge in [-0.15, -0.1) is 0 Å². The van der Waals surface area contributed by atoms with Crippen molar-refractivity contribution in [2.24, 2.45) is 0 Å². The Balaban J connectivity index is 1.88. The molecule has 1 fully saturated rings. The van der Waals surface area contributed by atoms with Crippen molar-refractivity contribution in [3.63, 3.8) is 0 Å². The highest BCUT2D eigenvalue weighted by molar-refractivity contribution is 8.26. The summed E-state index contributed by atoms with van der Waals surface area (Å²) in [4.78, 5) is 26.0. The number of rotatable bonds is 5. The molecule has 7 heteroatoms. The van der Waals surface area contributed by atoms with Gasteiger partial charge in [-0.2, -0.15) is 0 Å². The molecule has 2 N–H and O–H groups in total. The van der Waals surface area contributed by atoms with Crippen LogP contribution in [0.1, 0.15) is 11.1 Å². The van der Waals surface area contributed by atoms with Gasteiger partial charge in [0.25, 0.3) is 5.91 Å². The van der Waals surface area contributed by atoms with E-state index in [1.807, 2.05) is 30.3 Å². The topological polar surface area (TPSA) is 77.8 Å². The number of thiocarbonyl (C=S) groups is 1. The van der Waals surface area contributed by atoms with Gasteiger partial charge in [0.1, 0.15) is 16.1 Å². The Bertz CT molecular complexity index is 895. The maximum atomic E-state index is 12.8. The number of carboxylic acid groups (broad SMARTS) is 1. The van der Waals surface area contributed by atoms with E-state index in [-0.39, 0.29) is 16.5 Å². The van der Waals surface area contributed by atoms with Crippen LogP contribution in [0.2, 0.25) is 0 Å². The number of benzene rings is 2. The van der Waals surface area contributed by atoms with E-state index >= 15 is 0 Å². The first-order valence-electron chi connectivity index (χ1n) is 7.78. The van der Waals surface area contributed by atoms with E-state index in [1.165, 1.54) is 12.1 Å². The van der Waals surface area contributed by atoms with Gasteiger partial charge in [-0.05, 0) is 29.3 Å². The van der Waals surface area contributed by atoms with Crippen LogP contribution in [0.5, 0.6) is 5.75 Å². The Morgan fingerprint density at radius 3 is 2.58 bits per heavy atom. The summed E-state index contributed by atoms with van der Waals surface area (Å²) in [5.74, 6) is -1.46. The Labute approximate surface area is 160 Å². The number of hydrogen-bond acceptors (Lipinski definition) is 5.